The molecule has 0 saturated carbocycles. The van der Waals surface area contributed by atoms with E-state index in [1.807, 2.05) is 37.3 Å². The first-order chi connectivity index (χ1) is 11.2. The maximum absolute atomic E-state index is 12.5. The lowest BCUT2D eigenvalue weighted by molar-refractivity contribution is -0.211. The van der Waals surface area contributed by atoms with Gasteiger partial charge in [0.05, 0.1) is 0 Å². The molecule has 2 amide bonds. The lowest BCUT2D eigenvalue weighted by atomic mass is 9.91. The number of hydrogen-bond donors (Lipinski definition) is 0. The minimum atomic E-state index is -0.763. The summed E-state index contributed by atoms with van der Waals surface area (Å²) in [6, 6.07) is 8.78. The summed E-state index contributed by atoms with van der Waals surface area (Å²) < 4.78 is 16.4. The smallest absolute Gasteiger partial charge is 0.417 e. The van der Waals surface area contributed by atoms with E-state index < -0.39 is 36.0 Å². The summed E-state index contributed by atoms with van der Waals surface area (Å²) in [5.41, 5.74) is 0.139. The minimum Gasteiger partial charge on any atom is -0.443 e. The van der Waals surface area contributed by atoms with Gasteiger partial charge in [-0.25, -0.2) is 9.69 Å². The third kappa shape index (κ3) is 4.13. The zero-order valence-corrected chi connectivity index (χ0v) is 14.8. The highest BCUT2D eigenvalue weighted by Crippen LogP contribution is 2.38. The molecule has 6 heteroatoms. The molecule has 0 radical (unpaired) electrons. The second-order valence-corrected chi connectivity index (χ2v) is 6.62. The molecular weight excluding hydrogens is 310 g/mol. The third-order valence-electron chi connectivity index (χ3n) is 3.52. The first kappa shape index (κ1) is 18.4. The molecule has 1 fully saturated rings. The summed E-state index contributed by atoms with van der Waals surface area (Å²) in [5, 5.41) is 0. The van der Waals surface area contributed by atoms with Crippen LogP contribution in [0.25, 0.3) is 0 Å². The number of hydrogen-bond acceptors (Lipinski definition) is 5. The molecule has 0 aromatic heterocycles. The van der Waals surface area contributed by atoms with Gasteiger partial charge < -0.3 is 14.2 Å². The van der Waals surface area contributed by atoms with Crippen LogP contribution in [0, 0.1) is 0 Å². The molecule has 1 aliphatic heterocycles. The highest BCUT2D eigenvalue weighted by atomic mass is 16.7. The molecule has 24 heavy (non-hydrogen) atoms. The van der Waals surface area contributed by atoms with Gasteiger partial charge in [-0.15, -0.1) is 0 Å². The van der Waals surface area contributed by atoms with Crippen molar-refractivity contribution in [3.63, 3.8) is 0 Å². The van der Waals surface area contributed by atoms with E-state index in [0.717, 1.165) is 10.5 Å². The Morgan fingerprint density at radius 1 is 1.25 bits per heavy atom. The van der Waals surface area contributed by atoms with Crippen molar-refractivity contribution in [3.05, 3.63) is 35.9 Å². The predicted octanol–water partition coefficient (Wildman–Crippen LogP) is 3.27. The fraction of sp³-hybridized carbons (Fsp3) is 0.556. The van der Waals surface area contributed by atoms with Gasteiger partial charge in [-0.05, 0) is 40.2 Å². The molecule has 132 valence electrons. The largest absolute Gasteiger partial charge is 0.443 e. The second kappa shape index (κ2) is 7.32. The normalized spacial score (nSPS) is 22.0. The molecule has 0 spiro atoms. The molecule has 0 aliphatic carbocycles. The van der Waals surface area contributed by atoms with E-state index in [9.17, 15) is 9.59 Å². The number of benzene rings is 1. The SMILES string of the molecule is CCOC(C)OC1C(=O)N(C(=O)OC(C)(C)C)[C@H]1c1ccccc1. The Morgan fingerprint density at radius 2 is 1.88 bits per heavy atom. The number of imide groups is 1. The van der Waals surface area contributed by atoms with Crippen LogP contribution in [-0.4, -0.2) is 41.5 Å². The van der Waals surface area contributed by atoms with E-state index in [-0.39, 0.29) is 0 Å². The van der Waals surface area contributed by atoms with Crippen LogP contribution >= 0.6 is 0 Å². The number of rotatable bonds is 5. The van der Waals surface area contributed by atoms with Gasteiger partial charge in [0.2, 0.25) is 0 Å². The Hall–Kier alpha value is -1.92. The molecule has 3 atom stereocenters. The average molecular weight is 335 g/mol. The predicted molar refractivity (Wildman–Crippen MR) is 88.2 cm³/mol. The van der Waals surface area contributed by atoms with Crippen LogP contribution in [0.2, 0.25) is 0 Å². The molecule has 1 aromatic carbocycles. The monoisotopic (exact) mass is 335 g/mol. The van der Waals surface area contributed by atoms with E-state index in [4.69, 9.17) is 14.2 Å². The maximum atomic E-state index is 12.5. The minimum absolute atomic E-state index is 0.412. The third-order valence-corrected chi connectivity index (χ3v) is 3.52. The summed E-state index contributed by atoms with van der Waals surface area (Å²) in [6.45, 7) is 9.35. The van der Waals surface area contributed by atoms with Gasteiger partial charge in [0.1, 0.15) is 11.6 Å². The molecule has 1 saturated heterocycles. The summed E-state index contributed by atoms with van der Waals surface area (Å²) in [4.78, 5) is 26.0. The van der Waals surface area contributed by atoms with Crippen LogP contribution in [0.15, 0.2) is 30.3 Å². The molecule has 2 unspecified atom stereocenters. The number of carbonyl (C=O) groups excluding carboxylic acids is 2. The summed E-state index contributed by atoms with van der Waals surface area (Å²) in [5.74, 6) is -0.412. The second-order valence-electron chi connectivity index (χ2n) is 6.62. The van der Waals surface area contributed by atoms with Crippen molar-refractivity contribution in [1.29, 1.82) is 0 Å². The van der Waals surface area contributed by atoms with Gasteiger partial charge in [0, 0.05) is 6.61 Å². The summed E-state index contributed by atoms with van der Waals surface area (Å²) in [6.07, 6.45) is -1.96. The first-order valence-corrected chi connectivity index (χ1v) is 8.12. The molecule has 2 rings (SSSR count). The molecule has 0 N–H and O–H groups in total. The van der Waals surface area contributed by atoms with Crippen molar-refractivity contribution in [2.75, 3.05) is 6.61 Å². The Balaban J connectivity index is 2.21. The highest BCUT2D eigenvalue weighted by molar-refractivity contribution is 6.01. The number of carbonyl (C=O) groups is 2. The van der Waals surface area contributed by atoms with Crippen LogP contribution in [0.4, 0.5) is 4.79 Å². The molecule has 1 aliphatic rings. The number of likely N-dealkylation sites (tertiary alicyclic amines) is 1. The number of ether oxygens (including phenoxy) is 3. The first-order valence-electron chi connectivity index (χ1n) is 8.12. The lowest BCUT2D eigenvalue weighted by Crippen LogP contribution is -2.63. The Morgan fingerprint density at radius 3 is 2.42 bits per heavy atom. The lowest BCUT2D eigenvalue weighted by Gasteiger charge is -2.45. The van der Waals surface area contributed by atoms with E-state index in [0.29, 0.717) is 6.61 Å². The molecule has 1 heterocycles. The average Bonchev–Trinajstić information content (AvgIpc) is 2.49. The zero-order chi connectivity index (χ0) is 17.9. The van der Waals surface area contributed by atoms with E-state index >= 15 is 0 Å². The topological polar surface area (TPSA) is 65.1 Å². The summed E-state index contributed by atoms with van der Waals surface area (Å²) >= 11 is 0. The van der Waals surface area contributed by atoms with Crippen LogP contribution < -0.4 is 0 Å². The number of nitrogens with zero attached hydrogens (tertiary/aromatic N) is 1. The number of amides is 2. The fourth-order valence-corrected chi connectivity index (χ4v) is 2.56. The van der Waals surface area contributed by atoms with Crippen LogP contribution in [-0.2, 0) is 19.0 Å². The van der Waals surface area contributed by atoms with Crippen molar-refractivity contribution in [2.45, 2.75) is 58.7 Å². The zero-order valence-electron chi connectivity index (χ0n) is 14.8. The van der Waals surface area contributed by atoms with Crippen molar-refractivity contribution < 1.29 is 23.8 Å². The van der Waals surface area contributed by atoms with Gasteiger partial charge in [-0.3, -0.25) is 4.79 Å². The Labute approximate surface area is 142 Å². The van der Waals surface area contributed by atoms with Crippen LogP contribution in [0.1, 0.15) is 46.2 Å². The molecule has 0 bridgehead atoms. The van der Waals surface area contributed by atoms with E-state index in [1.165, 1.54) is 0 Å². The maximum Gasteiger partial charge on any atom is 0.417 e. The van der Waals surface area contributed by atoms with Crippen molar-refractivity contribution >= 4 is 12.0 Å². The Kier molecular flexibility index (Phi) is 5.62. The standard InChI is InChI=1S/C18H25NO5/c1-6-22-12(2)23-15-14(13-10-8-7-9-11-13)19(16(15)20)17(21)24-18(3,4)5/h7-12,14-15H,6H2,1-5H3/t12?,14-,15?/m0/s1. The Bertz CT molecular complexity index is 581. The van der Waals surface area contributed by atoms with Crippen LogP contribution in [0.3, 0.4) is 0 Å². The van der Waals surface area contributed by atoms with Gasteiger partial charge in [-0.1, -0.05) is 30.3 Å². The van der Waals surface area contributed by atoms with E-state index in [1.54, 1.807) is 27.7 Å². The van der Waals surface area contributed by atoms with Gasteiger partial charge in [0.25, 0.3) is 5.91 Å². The van der Waals surface area contributed by atoms with Crippen LogP contribution in [0.5, 0.6) is 0 Å². The van der Waals surface area contributed by atoms with Gasteiger partial charge >= 0.3 is 6.09 Å². The molecular formula is C18H25NO5. The molecule has 1 aromatic rings. The quantitative estimate of drug-likeness (QED) is 0.610. The van der Waals surface area contributed by atoms with Crippen molar-refractivity contribution in [1.82, 2.24) is 4.90 Å². The number of β-lactam (4-membered cyclic amide) rings is 1. The van der Waals surface area contributed by atoms with E-state index in [2.05, 4.69) is 0 Å². The van der Waals surface area contributed by atoms with Crippen molar-refractivity contribution in [2.24, 2.45) is 0 Å². The fourth-order valence-electron chi connectivity index (χ4n) is 2.56. The van der Waals surface area contributed by atoms with Gasteiger partial charge in [0.15, 0.2) is 12.4 Å². The van der Waals surface area contributed by atoms with Gasteiger partial charge in [-0.2, -0.15) is 0 Å². The molecule has 6 nitrogen and oxygen atoms in total. The highest BCUT2D eigenvalue weighted by Gasteiger charge is 2.54. The summed E-state index contributed by atoms with van der Waals surface area (Å²) in [7, 11) is 0. The van der Waals surface area contributed by atoms with Crippen molar-refractivity contribution in [3.8, 4) is 0 Å².